The topological polar surface area (TPSA) is 56.0 Å². The van der Waals surface area contributed by atoms with E-state index in [1.807, 2.05) is 6.92 Å². The summed E-state index contributed by atoms with van der Waals surface area (Å²) >= 11 is 1.46. The Labute approximate surface area is 69.3 Å². The van der Waals surface area contributed by atoms with Crippen molar-refractivity contribution in [1.29, 1.82) is 0 Å². The van der Waals surface area contributed by atoms with E-state index in [-0.39, 0.29) is 5.78 Å². The second-order valence-corrected chi connectivity index (χ2v) is 3.47. The third-order valence-corrected chi connectivity index (χ3v) is 2.06. The summed E-state index contributed by atoms with van der Waals surface area (Å²) < 4.78 is 0. The molecule has 0 aromatic carbocycles. The molecule has 0 saturated carbocycles. The van der Waals surface area contributed by atoms with Crippen molar-refractivity contribution in [1.82, 2.24) is 4.98 Å². The lowest BCUT2D eigenvalue weighted by molar-refractivity contribution is 0.0963. The van der Waals surface area contributed by atoms with Crippen molar-refractivity contribution in [2.75, 3.05) is 0 Å². The number of nitrogens with zero attached hydrogens (tertiary/aromatic N) is 1. The number of Topliss-reactive ketones (excluding diaryl/α,β-unsaturated/α-hetero) is 1. The first-order valence-electron chi connectivity index (χ1n) is 3.33. The highest BCUT2D eigenvalue weighted by Crippen LogP contribution is 2.09. The molecule has 3 nitrogen and oxygen atoms in total. The van der Waals surface area contributed by atoms with Crippen molar-refractivity contribution in [2.45, 2.75) is 19.9 Å². The zero-order valence-corrected chi connectivity index (χ0v) is 7.31. The fraction of sp³-hybridized carbons (Fsp3) is 0.429. The first kappa shape index (κ1) is 8.36. The standard InChI is InChI=1S/C7H10N2OS/c1-4(8)7(10)6-3-11-5(2)9-6/h3-4H,8H2,1-2H3/t4-/m1/s1. The van der Waals surface area contributed by atoms with E-state index in [4.69, 9.17) is 5.73 Å². The molecule has 4 heteroatoms. The van der Waals surface area contributed by atoms with Crippen LogP contribution in [0.15, 0.2) is 5.38 Å². The van der Waals surface area contributed by atoms with Gasteiger partial charge in [0.2, 0.25) is 0 Å². The number of rotatable bonds is 2. The van der Waals surface area contributed by atoms with Crippen molar-refractivity contribution < 1.29 is 4.79 Å². The van der Waals surface area contributed by atoms with Gasteiger partial charge in [-0.1, -0.05) is 0 Å². The SMILES string of the molecule is Cc1nc(C(=O)[C@@H](C)N)cs1. The van der Waals surface area contributed by atoms with Crippen LogP contribution in [-0.2, 0) is 0 Å². The monoisotopic (exact) mass is 170 g/mol. The van der Waals surface area contributed by atoms with Crippen LogP contribution in [0, 0.1) is 6.92 Å². The Morgan fingerprint density at radius 1 is 1.82 bits per heavy atom. The number of carbonyl (C=O) groups is 1. The average Bonchev–Trinajstić information content (AvgIpc) is 2.34. The maximum atomic E-state index is 11.2. The molecule has 11 heavy (non-hydrogen) atoms. The number of carbonyl (C=O) groups excluding carboxylic acids is 1. The Hall–Kier alpha value is -0.740. The van der Waals surface area contributed by atoms with Gasteiger partial charge in [-0.3, -0.25) is 4.79 Å². The van der Waals surface area contributed by atoms with E-state index in [9.17, 15) is 4.79 Å². The first-order valence-corrected chi connectivity index (χ1v) is 4.21. The molecule has 0 fully saturated rings. The summed E-state index contributed by atoms with van der Waals surface area (Å²) in [5, 5.41) is 2.63. The van der Waals surface area contributed by atoms with Gasteiger partial charge in [-0.25, -0.2) is 4.98 Å². The van der Waals surface area contributed by atoms with E-state index in [1.165, 1.54) is 11.3 Å². The Morgan fingerprint density at radius 2 is 2.45 bits per heavy atom. The highest BCUT2D eigenvalue weighted by molar-refractivity contribution is 7.09. The summed E-state index contributed by atoms with van der Waals surface area (Å²) in [4.78, 5) is 15.2. The van der Waals surface area contributed by atoms with E-state index in [0.717, 1.165) is 5.01 Å². The second kappa shape index (κ2) is 3.11. The quantitative estimate of drug-likeness (QED) is 0.673. The summed E-state index contributed by atoms with van der Waals surface area (Å²) in [5.41, 5.74) is 5.88. The minimum Gasteiger partial charge on any atom is -0.321 e. The summed E-state index contributed by atoms with van der Waals surface area (Å²) in [6.07, 6.45) is 0. The predicted molar refractivity (Wildman–Crippen MR) is 44.8 cm³/mol. The van der Waals surface area contributed by atoms with Gasteiger partial charge in [0.15, 0.2) is 5.78 Å². The normalized spacial score (nSPS) is 13.0. The van der Waals surface area contributed by atoms with Gasteiger partial charge in [0.05, 0.1) is 11.0 Å². The molecule has 2 N–H and O–H groups in total. The first-order chi connectivity index (χ1) is 5.11. The van der Waals surface area contributed by atoms with Crippen LogP contribution in [0.25, 0.3) is 0 Å². The van der Waals surface area contributed by atoms with Crippen molar-refractivity contribution in [3.8, 4) is 0 Å². The fourth-order valence-corrected chi connectivity index (χ4v) is 1.31. The Bertz CT molecular complexity index is 267. The molecular weight excluding hydrogens is 160 g/mol. The number of nitrogens with two attached hydrogens (primary N) is 1. The maximum Gasteiger partial charge on any atom is 0.198 e. The molecule has 0 aliphatic rings. The molecule has 60 valence electrons. The van der Waals surface area contributed by atoms with E-state index in [0.29, 0.717) is 5.69 Å². The van der Waals surface area contributed by atoms with Crippen LogP contribution in [0.2, 0.25) is 0 Å². The highest BCUT2D eigenvalue weighted by Gasteiger charge is 2.12. The zero-order valence-electron chi connectivity index (χ0n) is 6.50. The minimum atomic E-state index is -0.448. The van der Waals surface area contributed by atoms with Crippen LogP contribution in [0.5, 0.6) is 0 Å². The number of aromatic nitrogens is 1. The number of ketones is 1. The van der Waals surface area contributed by atoms with Crippen molar-refractivity contribution in [3.63, 3.8) is 0 Å². The Kier molecular flexibility index (Phi) is 2.36. The average molecular weight is 170 g/mol. The third-order valence-electron chi connectivity index (χ3n) is 1.29. The molecule has 0 radical (unpaired) electrons. The molecule has 1 aromatic heterocycles. The van der Waals surface area contributed by atoms with Crippen LogP contribution < -0.4 is 5.73 Å². The highest BCUT2D eigenvalue weighted by atomic mass is 32.1. The van der Waals surface area contributed by atoms with E-state index in [1.54, 1.807) is 12.3 Å². The molecule has 1 rings (SSSR count). The second-order valence-electron chi connectivity index (χ2n) is 2.40. The van der Waals surface area contributed by atoms with E-state index >= 15 is 0 Å². The number of hydrogen-bond donors (Lipinski definition) is 1. The van der Waals surface area contributed by atoms with Gasteiger partial charge in [-0.05, 0) is 13.8 Å². The van der Waals surface area contributed by atoms with E-state index < -0.39 is 6.04 Å². The van der Waals surface area contributed by atoms with Gasteiger partial charge in [0, 0.05) is 5.38 Å². The fourth-order valence-electron chi connectivity index (χ4n) is 0.710. The van der Waals surface area contributed by atoms with Crippen LogP contribution in [-0.4, -0.2) is 16.8 Å². The van der Waals surface area contributed by atoms with Crippen molar-refractivity contribution in [3.05, 3.63) is 16.1 Å². The van der Waals surface area contributed by atoms with Crippen molar-refractivity contribution in [2.24, 2.45) is 5.73 Å². The molecule has 0 unspecified atom stereocenters. The lowest BCUT2D eigenvalue weighted by Gasteiger charge is -1.98. The van der Waals surface area contributed by atoms with Crippen LogP contribution >= 0.6 is 11.3 Å². The maximum absolute atomic E-state index is 11.2. The van der Waals surface area contributed by atoms with Gasteiger partial charge in [0.25, 0.3) is 0 Å². The van der Waals surface area contributed by atoms with Crippen LogP contribution in [0.3, 0.4) is 0 Å². The molecule has 1 atom stereocenters. The third kappa shape index (κ3) is 1.85. The smallest absolute Gasteiger partial charge is 0.198 e. The molecule has 1 heterocycles. The Morgan fingerprint density at radius 3 is 2.82 bits per heavy atom. The van der Waals surface area contributed by atoms with E-state index in [2.05, 4.69) is 4.98 Å². The molecular formula is C7H10N2OS. The summed E-state index contributed by atoms with van der Waals surface area (Å²) in [6.45, 7) is 3.53. The van der Waals surface area contributed by atoms with Crippen LogP contribution in [0.4, 0.5) is 0 Å². The molecule has 0 amide bonds. The van der Waals surface area contributed by atoms with Gasteiger partial charge < -0.3 is 5.73 Å². The molecule has 0 bridgehead atoms. The molecule has 0 aliphatic carbocycles. The van der Waals surface area contributed by atoms with Gasteiger partial charge >= 0.3 is 0 Å². The lowest BCUT2D eigenvalue weighted by Crippen LogP contribution is -2.26. The zero-order chi connectivity index (χ0) is 8.43. The van der Waals surface area contributed by atoms with Crippen LogP contribution in [0.1, 0.15) is 22.4 Å². The Balaban J connectivity index is 2.85. The van der Waals surface area contributed by atoms with Gasteiger partial charge in [-0.2, -0.15) is 0 Å². The predicted octanol–water partition coefficient (Wildman–Crippen LogP) is 0.981. The largest absolute Gasteiger partial charge is 0.321 e. The minimum absolute atomic E-state index is 0.0886. The molecule has 0 aliphatic heterocycles. The summed E-state index contributed by atoms with van der Waals surface area (Å²) in [6, 6.07) is -0.448. The number of aryl methyl sites for hydroxylation is 1. The number of hydrogen-bond acceptors (Lipinski definition) is 4. The summed E-state index contributed by atoms with van der Waals surface area (Å²) in [5.74, 6) is -0.0886. The number of thiazole rings is 1. The molecule has 1 aromatic rings. The molecule has 0 spiro atoms. The lowest BCUT2D eigenvalue weighted by atomic mass is 10.2. The molecule has 0 saturated heterocycles. The van der Waals surface area contributed by atoms with Gasteiger partial charge in [0.1, 0.15) is 5.69 Å². The summed E-state index contributed by atoms with van der Waals surface area (Å²) in [7, 11) is 0. The van der Waals surface area contributed by atoms with Gasteiger partial charge in [-0.15, -0.1) is 11.3 Å². The van der Waals surface area contributed by atoms with Crippen molar-refractivity contribution >= 4 is 17.1 Å².